The van der Waals surface area contributed by atoms with E-state index in [1.807, 2.05) is 0 Å². The van der Waals surface area contributed by atoms with E-state index < -0.39 is 29.3 Å². The van der Waals surface area contributed by atoms with Crippen LogP contribution in [-0.2, 0) is 0 Å². The van der Waals surface area contributed by atoms with E-state index in [9.17, 15) is 17.6 Å². The van der Waals surface area contributed by atoms with Crippen LogP contribution in [0.3, 0.4) is 0 Å². The standard InChI is InChI=1S/C11H11F4N/c12-7-5-6(8-3-1-2-4-16-8)9(13)11(15)10(7)14/h5,8,16H,1-4H2/t8-/m1/s1. The summed E-state index contributed by atoms with van der Waals surface area (Å²) in [6, 6.07) is 0.301. The van der Waals surface area contributed by atoms with Gasteiger partial charge in [-0.3, -0.25) is 0 Å². The Bertz CT molecular complexity index is 399. The van der Waals surface area contributed by atoms with Gasteiger partial charge in [-0.1, -0.05) is 6.42 Å². The lowest BCUT2D eigenvalue weighted by atomic mass is 9.97. The molecule has 0 amide bonds. The van der Waals surface area contributed by atoms with Gasteiger partial charge in [0, 0.05) is 11.6 Å². The van der Waals surface area contributed by atoms with Crippen LogP contribution in [0.15, 0.2) is 6.07 Å². The van der Waals surface area contributed by atoms with Crippen LogP contribution in [0.2, 0.25) is 0 Å². The zero-order chi connectivity index (χ0) is 11.7. The quantitative estimate of drug-likeness (QED) is 0.446. The molecule has 1 nitrogen and oxygen atoms in total. The summed E-state index contributed by atoms with van der Waals surface area (Å²) >= 11 is 0. The topological polar surface area (TPSA) is 12.0 Å². The molecule has 1 aromatic carbocycles. The maximum Gasteiger partial charge on any atom is 0.197 e. The number of piperidine rings is 1. The first kappa shape index (κ1) is 11.4. The van der Waals surface area contributed by atoms with Crippen molar-refractivity contribution in [1.29, 1.82) is 0 Å². The fourth-order valence-electron chi connectivity index (χ4n) is 1.96. The number of rotatable bonds is 1. The monoisotopic (exact) mass is 233 g/mol. The minimum Gasteiger partial charge on any atom is -0.310 e. The Morgan fingerprint density at radius 3 is 2.38 bits per heavy atom. The van der Waals surface area contributed by atoms with Gasteiger partial charge in [-0.2, -0.15) is 0 Å². The minimum absolute atomic E-state index is 0.129. The maximum atomic E-state index is 13.4. The molecular formula is C11H11F4N. The average Bonchev–Trinajstić information content (AvgIpc) is 2.32. The number of hydrogen-bond acceptors (Lipinski definition) is 1. The molecule has 1 aromatic rings. The van der Waals surface area contributed by atoms with Crippen LogP contribution in [0.4, 0.5) is 17.6 Å². The number of halogens is 4. The second-order valence-electron chi connectivity index (χ2n) is 3.89. The normalized spacial score (nSPS) is 21.1. The molecule has 0 aromatic heterocycles. The predicted molar refractivity (Wildman–Crippen MR) is 50.9 cm³/mol. The summed E-state index contributed by atoms with van der Waals surface area (Å²) in [6.07, 6.45) is 2.41. The van der Waals surface area contributed by atoms with Crippen LogP contribution in [0.25, 0.3) is 0 Å². The van der Waals surface area contributed by atoms with Crippen molar-refractivity contribution in [3.63, 3.8) is 0 Å². The Balaban J connectivity index is 2.40. The predicted octanol–water partition coefficient (Wildman–Crippen LogP) is 3.06. The van der Waals surface area contributed by atoms with E-state index in [-0.39, 0.29) is 5.56 Å². The zero-order valence-electron chi connectivity index (χ0n) is 8.49. The molecule has 5 heteroatoms. The van der Waals surface area contributed by atoms with Crippen molar-refractivity contribution in [3.05, 3.63) is 34.9 Å². The Labute approximate surface area is 90.5 Å². The first-order chi connectivity index (χ1) is 7.61. The van der Waals surface area contributed by atoms with E-state index in [0.717, 1.165) is 18.9 Å². The third-order valence-corrected chi connectivity index (χ3v) is 2.82. The van der Waals surface area contributed by atoms with Crippen molar-refractivity contribution in [3.8, 4) is 0 Å². The lowest BCUT2D eigenvalue weighted by molar-refractivity contribution is 0.367. The van der Waals surface area contributed by atoms with Crippen molar-refractivity contribution in [1.82, 2.24) is 5.32 Å². The molecule has 0 saturated carbocycles. The molecule has 0 aliphatic carbocycles. The molecule has 1 aliphatic rings. The lowest BCUT2D eigenvalue weighted by Gasteiger charge is -2.24. The Hall–Kier alpha value is -1.10. The van der Waals surface area contributed by atoms with Crippen molar-refractivity contribution >= 4 is 0 Å². The molecule has 0 radical (unpaired) electrons. The van der Waals surface area contributed by atoms with Gasteiger partial charge in [0.1, 0.15) is 0 Å². The molecule has 1 heterocycles. The first-order valence-electron chi connectivity index (χ1n) is 5.17. The highest BCUT2D eigenvalue weighted by molar-refractivity contribution is 5.25. The molecule has 1 aliphatic heterocycles. The van der Waals surface area contributed by atoms with Gasteiger partial charge in [-0.25, -0.2) is 17.6 Å². The van der Waals surface area contributed by atoms with E-state index in [1.165, 1.54) is 0 Å². The highest BCUT2D eigenvalue weighted by Gasteiger charge is 2.24. The smallest absolute Gasteiger partial charge is 0.197 e. The van der Waals surface area contributed by atoms with E-state index in [2.05, 4.69) is 5.32 Å². The Morgan fingerprint density at radius 1 is 1.00 bits per heavy atom. The van der Waals surface area contributed by atoms with Gasteiger partial charge in [0.25, 0.3) is 0 Å². The molecular weight excluding hydrogens is 222 g/mol. The minimum atomic E-state index is -1.75. The SMILES string of the molecule is Fc1cc([C@H]2CCCCN2)c(F)c(F)c1F. The fraction of sp³-hybridized carbons (Fsp3) is 0.455. The summed E-state index contributed by atoms with van der Waals surface area (Å²) in [5, 5.41) is 2.95. The van der Waals surface area contributed by atoms with Crippen LogP contribution in [-0.4, -0.2) is 6.54 Å². The molecule has 1 fully saturated rings. The van der Waals surface area contributed by atoms with E-state index in [1.54, 1.807) is 0 Å². The molecule has 1 atom stereocenters. The number of benzene rings is 1. The lowest BCUT2D eigenvalue weighted by Crippen LogP contribution is -2.28. The number of nitrogens with one attached hydrogen (secondary N) is 1. The molecule has 1 saturated heterocycles. The van der Waals surface area contributed by atoms with Gasteiger partial charge in [0.2, 0.25) is 0 Å². The highest BCUT2D eigenvalue weighted by Crippen LogP contribution is 2.28. The first-order valence-corrected chi connectivity index (χ1v) is 5.17. The van der Waals surface area contributed by atoms with E-state index >= 15 is 0 Å². The summed E-state index contributed by atoms with van der Waals surface area (Å²) in [7, 11) is 0. The number of hydrogen-bond donors (Lipinski definition) is 1. The highest BCUT2D eigenvalue weighted by atomic mass is 19.2. The van der Waals surface area contributed by atoms with Gasteiger partial charge >= 0.3 is 0 Å². The second-order valence-corrected chi connectivity index (χ2v) is 3.89. The van der Waals surface area contributed by atoms with Crippen LogP contribution >= 0.6 is 0 Å². The zero-order valence-corrected chi connectivity index (χ0v) is 8.49. The molecule has 1 N–H and O–H groups in total. The van der Waals surface area contributed by atoms with Gasteiger partial charge in [0.15, 0.2) is 23.3 Å². The summed E-state index contributed by atoms with van der Waals surface area (Å²) < 4.78 is 52.1. The summed E-state index contributed by atoms with van der Waals surface area (Å²) in [4.78, 5) is 0. The summed E-state index contributed by atoms with van der Waals surface area (Å²) in [5.41, 5.74) is -0.129. The molecule has 0 unspecified atom stereocenters. The Morgan fingerprint density at radius 2 is 1.75 bits per heavy atom. The third kappa shape index (κ3) is 1.91. The average molecular weight is 233 g/mol. The van der Waals surface area contributed by atoms with Crippen LogP contribution in [0, 0.1) is 23.3 Å². The van der Waals surface area contributed by atoms with Crippen LogP contribution in [0.1, 0.15) is 30.9 Å². The van der Waals surface area contributed by atoms with Crippen LogP contribution < -0.4 is 5.32 Å². The fourth-order valence-corrected chi connectivity index (χ4v) is 1.96. The van der Waals surface area contributed by atoms with E-state index in [4.69, 9.17) is 0 Å². The Kier molecular flexibility index (Phi) is 3.14. The van der Waals surface area contributed by atoms with Crippen molar-refractivity contribution in [2.24, 2.45) is 0 Å². The second kappa shape index (κ2) is 4.41. The molecule has 0 bridgehead atoms. The molecule has 2 rings (SSSR count). The largest absolute Gasteiger partial charge is 0.310 e. The van der Waals surface area contributed by atoms with Gasteiger partial charge in [-0.15, -0.1) is 0 Å². The van der Waals surface area contributed by atoms with Crippen molar-refractivity contribution in [2.75, 3.05) is 6.54 Å². The van der Waals surface area contributed by atoms with Gasteiger partial charge in [-0.05, 0) is 25.5 Å². The van der Waals surface area contributed by atoms with Crippen molar-refractivity contribution in [2.45, 2.75) is 25.3 Å². The molecule has 88 valence electrons. The van der Waals surface area contributed by atoms with E-state index in [0.29, 0.717) is 13.0 Å². The van der Waals surface area contributed by atoms with Crippen LogP contribution in [0.5, 0.6) is 0 Å². The molecule has 0 spiro atoms. The maximum absolute atomic E-state index is 13.4. The summed E-state index contributed by atoms with van der Waals surface area (Å²) in [5.74, 6) is -6.13. The third-order valence-electron chi connectivity index (χ3n) is 2.82. The van der Waals surface area contributed by atoms with Gasteiger partial charge in [0.05, 0.1) is 0 Å². The van der Waals surface area contributed by atoms with Crippen molar-refractivity contribution < 1.29 is 17.6 Å². The summed E-state index contributed by atoms with van der Waals surface area (Å²) in [6.45, 7) is 0.671. The molecule has 16 heavy (non-hydrogen) atoms. The van der Waals surface area contributed by atoms with Gasteiger partial charge < -0.3 is 5.32 Å².